The number of carboxylic acids is 1. The first kappa shape index (κ1) is 33.4. The summed E-state index contributed by atoms with van der Waals surface area (Å²) in [6, 6.07) is 9.68. The van der Waals surface area contributed by atoms with E-state index in [0.717, 1.165) is 40.9 Å². The van der Waals surface area contributed by atoms with Gasteiger partial charge in [0.2, 0.25) is 0 Å². The Kier molecular flexibility index (Phi) is 10.3. The summed E-state index contributed by atoms with van der Waals surface area (Å²) in [6.07, 6.45) is -1.73. The number of carboxylic acid groups (broad SMARTS) is 1. The van der Waals surface area contributed by atoms with E-state index in [0.29, 0.717) is 36.0 Å². The number of benzene rings is 2. The summed E-state index contributed by atoms with van der Waals surface area (Å²) in [6.45, 7) is 3.11. The molecule has 1 saturated heterocycles. The number of halogens is 6. The Morgan fingerprint density at radius 2 is 1.68 bits per heavy atom. The normalized spacial score (nSPS) is 14.2. The van der Waals surface area contributed by atoms with Crippen molar-refractivity contribution in [2.24, 2.45) is 0 Å². The van der Waals surface area contributed by atoms with E-state index in [1.54, 1.807) is 31.3 Å². The first-order valence-electron chi connectivity index (χ1n) is 12.8. The third-order valence-electron chi connectivity index (χ3n) is 6.37. The summed E-state index contributed by atoms with van der Waals surface area (Å²) in [7, 11) is -4.36. The Morgan fingerprint density at radius 3 is 2.27 bits per heavy atom. The zero-order chi connectivity index (χ0) is 32.2. The number of hydrogen-bond donors (Lipinski definition) is 1. The van der Waals surface area contributed by atoms with Gasteiger partial charge in [0.05, 0.1) is 32.0 Å². The maximum absolute atomic E-state index is 14.3. The molecule has 0 saturated carbocycles. The Bertz CT molecular complexity index is 1760. The molecule has 3 heterocycles. The van der Waals surface area contributed by atoms with Crippen LogP contribution in [0.5, 0.6) is 0 Å². The molecule has 0 aliphatic carbocycles. The highest BCUT2D eigenvalue weighted by atomic mass is 35.5. The van der Waals surface area contributed by atoms with Crippen molar-refractivity contribution in [2.75, 3.05) is 13.2 Å². The van der Waals surface area contributed by atoms with Gasteiger partial charge in [-0.05, 0) is 43.5 Å². The van der Waals surface area contributed by atoms with Gasteiger partial charge in [-0.25, -0.2) is 36.9 Å². The standard InChI is InChI=1S/C26H22ClF2N3O3S2.C2HF3O2/c1-15-30-11-8-21(31-15)24-23(32-26(36-24)16-9-12-35-13-10-16)18-5-2-4-17(22(18)27)14-37(33,34)25-19(28)6-3-7-20(25)29;3-2(4,5)1(6)7/h2-8,11,16H,9-10,12-14H2,1H3;(H,6,7). The molecule has 0 atom stereocenters. The third-order valence-corrected chi connectivity index (χ3v) is 9.76. The molecule has 2 aromatic carbocycles. The van der Waals surface area contributed by atoms with E-state index in [1.165, 1.54) is 17.4 Å². The second-order valence-electron chi connectivity index (χ2n) is 9.50. The topological polar surface area (TPSA) is 119 Å². The van der Waals surface area contributed by atoms with Crippen molar-refractivity contribution in [3.8, 4) is 21.8 Å². The van der Waals surface area contributed by atoms with E-state index in [9.17, 15) is 30.4 Å². The van der Waals surface area contributed by atoms with Gasteiger partial charge in [0.15, 0.2) is 9.84 Å². The van der Waals surface area contributed by atoms with Crippen molar-refractivity contribution in [3.63, 3.8) is 0 Å². The first-order chi connectivity index (χ1) is 20.7. The van der Waals surface area contributed by atoms with Crippen molar-refractivity contribution in [3.05, 3.63) is 81.7 Å². The maximum Gasteiger partial charge on any atom is 0.490 e. The summed E-state index contributed by atoms with van der Waals surface area (Å²) in [4.78, 5) is 22.4. The Hall–Kier alpha value is -3.53. The van der Waals surface area contributed by atoms with Crippen LogP contribution in [0.25, 0.3) is 21.8 Å². The van der Waals surface area contributed by atoms with Crippen LogP contribution in [0.1, 0.15) is 35.2 Å². The number of rotatable bonds is 6. The van der Waals surface area contributed by atoms with Crippen LogP contribution in [0.15, 0.2) is 53.6 Å². The van der Waals surface area contributed by atoms with Crippen molar-refractivity contribution in [2.45, 2.75) is 42.5 Å². The minimum absolute atomic E-state index is 0.152. The fourth-order valence-corrected chi connectivity index (χ4v) is 7.43. The molecule has 0 amide bonds. The average molecular weight is 676 g/mol. The number of sulfone groups is 1. The minimum atomic E-state index is -5.08. The molecular formula is C28H23ClF5N3O5S2. The number of aryl methyl sites for hydroxylation is 1. The van der Waals surface area contributed by atoms with Gasteiger partial charge in [-0.1, -0.05) is 35.9 Å². The molecule has 0 bridgehead atoms. The Labute approximate surface area is 257 Å². The van der Waals surface area contributed by atoms with Crippen LogP contribution in [0.3, 0.4) is 0 Å². The molecule has 0 spiro atoms. The molecular weight excluding hydrogens is 653 g/mol. The molecule has 0 radical (unpaired) electrons. The van der Waals surface area contributed by atoms with Crippen LogP contribution < -0.4 is 0 Å². The summed E-state index contributed by atoms with van der Waals surface area (Å²) >= 11 is 8.28. The SMILES string of the molecule is Cc1nccc(-c2sc(C3CCOCC3)nc2-c2cccc(CS(=O)(=O)c3c(F)cccc3F)c2Cl)n1.O=C(O)C(F)(F)F. The second-order valence-corrected chi connectivity index (χ2v) is 12.8. The first-order valence-corrected chi connectivity index (χ1v) is 15.7. The number of thiazole rings is 1. The second kappa shape index (κ2) is 13.6. The number of alkyl halides is 3. The van der Waals surface area contributed by atoms with Gasteiger partial charge in [0.25, 0.3) is 0 Å². The largest absolute Gasteiger partial charge is 0.490 e. The molecule has 8 nitrogen and oxygen atoms in total. The molecule has 16 heteroatoms. The highest BCUT2D eigenvalue weighted by molar-refractivity contribution is 7.90. The molecule has 0 unspecified atom stereocenters. The number of nitrogens with zero attached hydrogens (tertiary/aromatic N) is 3. The van der Waals surface area contributed by atoms with E-state index < -0.39 is 44.3 Å². The highest BCUT2D eigenvalue weighted by Crippen LogP contribution is 2.43. The van der Waals surface area contributed by atoms with Crippen LogP contribution in [0, 0.1) is 18.6 Å². The number of aromatic nitrogens is 3. The number of aliphatic carboxylic acids is 1. The molecule has 4 aromatic rings. The van der Waals surface area contributed by atoms with Crippen LogP contribution in [-0.2, 0) is 25.1 Å². The molecule has 44 heavy (non-hydrogen) atoms. The minimum Gasteiger partial charge on any atom is -0.475 e. The molecule has 2 aromatic heterocycles. The van der Waals surface area contributed by atoms with Crippen molar-refractivity contribution in [1.82, 2.24) is 15.0 Å². The average Bonchev–Trinajstić information content (AvgIpc) is 3.40. The van der Waals surface area contributed by atoms with Crippen LogP contribution >= 0.6 is 22.9 Å². The lowest BCUT2D eigenvalue weighted by Crippen LogP contribution is -2.21. The fraction of sp³-hybridized carbons (Fsp3) is 0.286. The highest BCUT2D eigenvalue weighted by Gasteiger charge is 2.38. The van der Waals surface area contributed by atoms with Crippen molar-refractivity contribution in [1.29, 1.82) is 0 Å². The van der Waals surface area contributed by atoms with E-state index in [1.807, 2.05) is 0 Å². The molecule has 1 N–H and O–H groups in total. The predicted octanol–water partition coefficient (Wildman–Crippen LogP) is 7.01. The lowest BCUT2D eigenvalue weighted by atomic mass is 10.0. The zero-order valence-corrected chi connectivity index (χ0v) is 25.1. The smallest absolute Gasteiger partial charge is 0.475 e. The molecule has 1 fully saturated rings. The molecule has 1 aliphatic heterocycles. The summed E-state index contributed by atoms with van der Waals surface area (Å²) in [5, 5.41) is 8.20. The zero-order valence-electron chi connectivity index (χ0n) is 22.7. The monoisotopic (exact) mass is 675 g/mol. The number of ether oxygens (including phenoxy) is 1. The Balaban J connectivity index is 0.000000566. The van der Waals surface area contributed by atoms with E-state index in [-0.39, 0.29) is 16.5 Å². The number of hydrogen-bond acceptors (Lipinski definition) is 8. The van der Waals surface area contributed by atoms with Crippen molar-refractivity contribution < 1.29 is 45.0 Å². The van der Waals surface area contributed by atoms with Crippen LogP contribution in [0.4, 0.5) is 22.0 Å². The fourth-order valence-electron chi connectivity index (χ4n) is 4.33. The van der Waals surface area contributed by atoms with Gasteiger partial charge in [0, 0.05) is 30.9 Å². The quantitative estimate of drug-likeness (QED) is 0.217. The van der Waals surface area contributed by atoms with Gasteiger partial charge in [-0.3, -0.25) is 0 Å². The molecule has 5 rings (SSSR count). The van der Waals surface area contributed by atoms with E-state index in [2.05, 4.69) is 9.97 Å². The molecule has 1 aliphatic rings. The van der Waals surface area contributed by atoms with Gasteiger partial charge >= 0.3 is 12.1 Å². The lowest BCUT2D eigenvalue weighted by Gasteiger charge is -2.19. The Morgan fingerprint density at radius 1 is 1.07 bits per heavy atom. The molecule has 234 valence electrons. The summed E-state index contributed by atoms with van der Waals surface area (Å²) in [5.74, 6) is -4.89. The number of carbonyl (C=O) groups is 1. The lowest BCUT2D eigenvalue weighted by molar-refractivity contribution is -0.192. The maximum atomic E-state index is 14.3. The summed E-state index contributed by atoms with van der Waals surface area (Å²) in [5.41, 5.74) is 1.99. The van der Waals surface area contributed by atoms with E-state index in [4.69, 9.17) is 31.2 Å². The predicted molar refractivity (Wildman–Crippen MR) is 152 cm³/mol. The van der Waals surface area contributed by atoms with E-state index >= 15 is 0 Å². The summed E-state index contributed by atoms with van der Waals surface area (Å²) < 4.78 is 91.8. The van der Waals surface area contributed by atoms with Gasteiger partial charge in [-0.2, -0.15) is 13.2 Å². The van der Waals surface area contributed by atoms with Crippen molar-refractivity contribution >= 4 is 38.7 Å². The van der Waals surface area contributed by atoms with Gasteiger partial charge < -0.3 is 9.84 Å². The third kappa shape index (κ3) is 7.75. The van der Waals surface area contributed by atoms with Gasteiger partial charge in [0.1, 0.15) is 22.4 Å². The van der Waals surface area contributed by atoms with Crippen LogP contribution in [0.2, 0.25) is 5.02 Å². The van der Waals surface area contributed by atoms with Crippen LogP contribution in [-0.4, -0.2) is 53.8 Å². The van der Waals surface area contributed by atoms with Gasteiger partial charge in [-0.15, -0.1) is 11.3 Å².